The Bertz CT molecular complexity index is 1130. The summed E-state index contributed by atoms with van der Waals surface area (Å²) >= 11 is 6.77. The molecule has 0 aliphatic rings. The fourth-order valence-electron chi connectivity index (χ4n) is 2.75. The maximum Gasteiger partial charge on any atom is 0.282 e. The number of phenols is 1. The van der Waals surface area contributed by atoms with Crippen molar-refractivity contribution in [2.75, 3.05) is 7.11 Å². The van der Waals surface area contributed by atoms with E-state index in [1.165, 1.54) is 18.0 Å². The largest absolute Gasteiger partial charge is 0.504 e. The monoisotopic (exact) mass is 507 g/mol. The number of hydrogen-bond donors (Lipinski definition) is 1. The first kappa shape index (κ1) is 20.5. The fraction of sp³-hybridized carbons (Fsp3) is 0.250. The molecule has 0 bridgehead atoms. The topological polar surface area (TPSA) is 76.7 Å². The minimum absolute atomic E-state index is 0.0311. The minimum Gasteiger partial charge on any atom is -0.504 e. The fourth-order valence-corrected chi connectivity index (χ4v) is 3.56. The number of ether oxygens (including phenoxy) is 1. The van der Waals surface area contributed by atoms with Crippen LogP contribution in [0.5, 0.6) is 11.5 Å². The molecule has 0 spiro atoms. The van der Waals surface area contributed by atoms with Crippen molar-refractivity contribution >= 4 is 49.0 Å². The standard InChI is InChI=1S/C20H19Br2N3O3/c1-4-11(2)19-24-16-6-5-13(21)8-15(16)20(27)25(19)23-10-12-7-14(22)9-17(28-3)18(12)26/h5-11,26H,4H2,1-3H3/t11-/m0/s1. The molecular formula is C20H19Br2N3O3. The molecule has 0 saturated carbocycles. The molecule has 0 aliphatic carbocycles. The molecule has 0 unspecified atom stereocenters. The van der Waals surface area contributed by atoms with Gasteiger partial charge in [-0.3, -0.25) is 4.79 Å². The van der Waals surface area contributed by atoms with Crippen LogP contribution < -0.4 is 10.3 Å². The van der Waals surface area contributed by atoms with Crippen LogP contribution in [0.25, 0.3) is 10.9 Å². The molecule has 28 heavy (non-hydrogen) atoms. The normalized spacial score (nSPS) is 12.6. The van der Waals surface area contributed by atoms with Crippen molar-refractivity contribution < 1.29 is 9.84 Å². The Morgan fingerprint density at radius 3 is 2.71 bits per heavy atom. The molecule has 0 radical (unpaired) electrons. The molecule has 0 saturated heterocycles. The summed E-state index contributed by atoms with van der Waals surface area (Å²) in [7, 11) is 1.47. The van der Waals surface area contributed by atoms with Gasteiger partial charge in [0, 0.05) is 20.4 Å². The summed E-state index contributed by atoms with van der Waals surface area (Å²) < 4.78 is 7.98. The quantitative estimate of drug-likeness (QED) is 0.490. The molecule has 1 N–H and O–H groups in total. The third kappa shape index (κ3) is 3.98. The molecule has 0 amide bonds. The Kier molecular flexibility index (Phi) is 6.20. The average molecular weight is 509 g/mol. The summed E-state index contributed by atoms with van der Waals surface area (Å²) in [4.78, 5) is 17.8. The molecular weight excluding hydrogens is 490 g/mol. The highest BCUT2D eigenvalue weighted by atomic mass is 79.9. The molecule has 146 valence electrons. The smallest absolute Gasteiger partial charge is 0.282 e. The Morgan fingerprint density at radius 2 is 2.04 bits per heavy atom. The number of hydrogen-bond acceptors (Lipinski definition) is 5. The lowest BCUT2D eigenvalue weighted by molar-refractivity contribution is 0.373. The van der Waals surface area contributed by atoms with Gasteiger partial charge in [0.2, 0.25) is 0 Å². The highest BCUT2D eigenvalue weighted by Gasteiger charge is 2.16. The van der Waals surface area contributed by atoms with Crippen LogP contribution >= 0.6 is 31.9 Å². The SMILES string of the molecule is CC[C@H](C)c1nc2ccc(Br)cc2c(=O)n1N=Cc1cc(Br)cc(OC)c1O. The van der Waals surface area contributed by atoms with Crippen LogP contribution in [0.1, 0.15) is 37.6 Å². The molecule has 1 atom stereocenters. The van der Waals surface area contributed by atoms with E-state index < -0.39 is 0 Å². The van der Waals surface area contributed by atoms with Gasteiger partial charge < -0.3 is 9.84 Å². The molecule has 6 nitrogen and oxygen atoms in total. The Labute approximate surface area is 179 Å². The second kappa shape index (κ2) is 8.45. The average Bonchev–Trinajstić information content (AvgIpc) is 2.68. The number of halogens is 2. The van der Waals surface area contributed by atoms with Gasteiger partial charge in [-0.2, -0.15) is 9.78 Å². The van der Waals surface area contributed by atoms with Gasteiger partial charge in [-0.15, -0.1) is 0 Å². The maximum absolute atomic E-state index is 13.1. The molecule has 3 aromatic rings. The van der Waals surface area contributed by atoms with E-state index in [0.717, 1.165) is 15.4 Å². The van der Waals surface area contributed by atoms with Gasteiger partial charge >= 0.3 is 0 Å². The third-order valence-corrected chi connectivity index (χ3v) is 5.44. The predicted octanol–water partition coefficient (Wildman–Crippen LogP) is 5.03. The van der Waals surface area contributed by atoms with Crippen LogP contribution in [-0.4, -0.2) is 28.1 Å². The number of rotatable bonds is 5. The second-order valence-corrected chi connectivity index (χ2v) is 8.18. The zero-order valence-corrected chi connectivity index (χ0v) is 18.8. The lowest BCUT2D eigenvalue weighted by Gasteiger charge is -2.14. The lowest BCUT2D eigenvalue weighted by atomic mass is 10.1. The number of aromatic hydroxyl groups is 1. The number of nitrogens with zero attached hydrogens (tertiary/aromatic N) is 3. The second-order valence-electron chi connectivity index (χ2n) is 6.35. The molecule has 3 rings (SSSR count). The van der Waals surface area contributed by atoms with Crippen molar-refractivity contribution in [1.82, 2.24) is 9.66 Å². The number of aromatic nitrogens is 2. The highest BCUT2D eigenvalue weighted by molar-refractivity contribution is 9.10. The van der Waals surface area contributed by atoms with Crippen LogP contribution in [0.3, 0.4) is 0 Å². The van der Waals surface area contributed by atoms with Crippen molar-refractivity contribution in [1.29, 1.82) is 0 Å². The van der Waals surface area contributed by atoms with Crippen LogP contribution in [-0.2, 0) is 0 Å². The van der Waals surface area contributed by atoms with Gasteiger partial charge in [0.1, 0.15) is 5.82 Å². The van der Waals surface area contributed by atoms with Gasteiger partial charge in [0.25, 0.3) is 5.56 Å². The predicted molar refractivity (Wildman–Crippen MR) is 118 cm³/mol. The summed E-state index contributed by atoms with van der Waals surface area (Å²) in [6.45, 7) is 4.03. The van der Waals surface area contributed by atoms with Gasteiger partial charge in [0.15, 0.2) is 11.5 Å². The highest BCUT2D eigenvalue weighted by Crippen LogP contribution is 2.32. The minimum atomic E-state index is -0.265. The molecule has 8 heteroatoms. The Hall–Kier alpha value is -2.19. The summed E-state index contributed by atoms with van der Waals surface area (Å²) in [5.41, 5.74) is 0.781. The van der Waals surface area contributed by atoms with Crippen molar-refractivity contribution in [2.45, 2.75) is 26.2 Å². The van der Waals surface area contributed by atoms with Gasteiger partial charge in [-0.25, -0.2) is 4.98 Å². The molecule has 0 fully saturated rings. The van der Waals surface area contributed by atoms with E-state index in [4.69, 9.17) is 4.74 Å². The van der Waals surface area contributed by atoms with Gasteiger partial charge in [-0.1, -0.05) is 45.7 Å². The summed E-state index contributed by atoms with van der Waals surface area (Å²) in [6, 6.07) is 8.75. The van der Waals surface area contributed by atoms with E-state index in [-0.39, 0.29) is 17.2 Å². The van der Waals surface area contributed by atoms with Crippen molar-refractivity contribution in [3.63, 3.8) is 0 Å². The van der Waals surface area contributed by atoms with Crippen molar-refractivity contribution in [3.8, 4) is 11.5 Å². The molecule has 1 aromatic heterocycles. The van der Waals surface area contributed by atoms with Crippen molar-refractivity contribution in [3.05, 3.63) is 61.0 Å². The van der Waals surface area contributed by atoms with E-state index in [9.17, 15) is 9.90 Å². The van der Waals surface area contributed by atoms with Crippen LogP contribution in [0.2, 0.25) is 0 Å². The van der Waals surface area contributed by atoms with E-state index >= 15 is 0 Å². The third-order valence-electron chi connectivity index (χ3n) is 4.49. The number of phenolic OH excluding ortho intramolecular Hbond substituents is 1. The Balaban J connectivity index is 2.22. The summed E-state index contributed by atoms with van der Waals surface area (Å²) in [5, 5.41) is 15.2. The summed E-state index contributed by atoms with van der Waals surface area (Å²) in [6.07, 6.45) is 2.24. The maximum atomic E-state index is 13.1. The number of methoxy groups -OCH3 is 1. The van der Waals surface area contributed by atoms with Gasteiger partial charge in [-0.05, 0) is 36.8 Å². The summed E-state index contributed by atoms with van der Waals surface area (Å²) in [5.74, 6) is 0.860. The first-order valence-corrected chi connectivity index (χ1v) is 10.3. The van der Waals surface area contributed by atoms with Gasteiger partial charge in [0.05, 0.1) is 24.2 Å². The molecule has 1 heterocycles. The van der Waals surface area contributed by atoms with E-state index in [2.05, 4.69) is 41.9 Å². The number of benzene rings is 2. The zero-order chi connectivity index (χ0) is 20.4. The zero-order valence-electron chi connectivity index (χ0n) is 15.6. The van der Waals surface area contributed by atoms with E-state index in [1.807, 2.05) is 26.0 Å². The number of fused-ring (bicyclic) bond motifs is 1. The van der Waals surface area contributed by atoms with E-state index in [1.54, 1.807) is 18.2 Å². The molecule has 2 aromatic carbocycles. The van der Waals surface area contributed by atoms with E-state index in [0.29, 0.717) is 28.0 Å². The Morgan fingerprint density at radius 1 is 1.29 bits per heavy atom. The van der Waals surface area contributed by atoms with Crippen LogP contribution in [0.15, 0.2) is 49.2 Å². The lowest BCUT2D eigenvalue weighted by Crippen LogP contribution is -2.23. The molecule has 0 aliphatic heterocycles. The van der Waals surface area contributed by atoms with Crippen molar-refractivity contribution in [2.24, 2.45) is 5.10 Å². The first-order valence-electron chi connectivity index (χ1n) is 8.68. The van der Waals surface area contributed by atoms with Crippen LogP contribution in [0, 0.1) is 0 Å². The van der Waals surface area contributed by atoms with Crippen LogP contribution in [0.4, 0.5) is 0 Å². The first-order chi connectivity index (χ1) is 13.3.